The number of halogens is 2. The Morgan fingerprint density at radius 3 is 2.85 bits per heavy atom. The molecule has 0 aliphatic rings. The molecule has 0 aliphatic carbocycles. The highest BCUT2D eigenvalue weighted by Gasteiger charge is 2.07. The van der Waals surface area contributed by atoms with Crippen molar-refractivity contribution in [3.63, 3.8) is 0 Å². The molecule has 4 heteroatoms. The van der Waals surface area contributed by atoms with Gasteiger partial charge in [-0.2, -0.15) is 11.8 Å². The smallest absolute Gasteiger partial charge is 0.141 e. The SMILES string of the molecule is CSCC(N)c1ccc(F)c(Cl)c1. The molecule has 0 saturated carbocycles. The van der Waals surface area contributed by atoms with Crippen molar-refractivity contribution in [2.75, 3.05) is 12.0 Å². The number of hydrogen-bond acceptors (Lipinski definition) is 2. The van der Waals surface area contributed by atoms with E-state index in [0.29, 0.717) is 0 Å². The molecule has 13 heavy (non-hydrogen) atoms. The van der Waals surface area contributed by atoms with Crippen molar-refractivity contribution in [3.8, 4) is 0 Å². The third-order valence-corrected chi connectivity index (χ3v) is 2.70. The maximum absolute atomic E-state index is 12.8. The highest BCUT2D eigenvalue weighted by molar-refractivity contribution is 7.98. The Hall–Kier alpha value is -0.250. The van der Waals surface area contributed by atoms with Crippen molar-refractivity contribution in [2.45, 2.75) is 6.04 Å². The Morgan fingerprint density at radius 1 is 1.62 bits per heavy atom. The molecule has 0 radical (unpaired) electrons. The predicted octanol–water partition coefficient (Wildman–Crippen LogP) is 2.84. The first-order valence-corrected chi connectivity index (χ1v) is 5.61. The summed E-state index contributed by atoms with van der Waals surface area (Å²) in [5.74, 6) is 0.406. The molecule has 1 rings (SSSR count). The highest BCUT2D eigenvalue weighted by atomic mass is 35.5. The van der Waals surface area contributed by atoms with E-state index in [1.807, 2.05) is 6.26 Å². The van der Waals surface area contributed by atoms with Gasteiger partial charge in [-0.15, -0.1) is 0 Å². The topological polar surface area (TPSA) is 26.0 Å². The van der Waals surface area contributed by atoms with Crippen LogP contribution in [0.4, 0.5) is 4.39 Å². The van der Waals surface area contributed by atoms with E-state index in [1.165, 1.54) is 6.07 Å². The van der Waals surface area contributed by atoms with Gasteiger partial charge in [0, 0.05) is 11.8 Å². The monoisotopic (exact) mass is 219 g/mol. The summed E-state index contributed by atoms with van der Waals surface area (Å²) >= 11 is 7.27. The molecule has 0 aromatic heterocycles. The van der Waals surface area contributed by atoms with Gasteiger partial charge in [-0.05, 0) is 24.0 Å². The predicted molar refractivity (Wildman–Crippen MR) is 56.7 cm³/mol. The van der Waals surface area contributed by atoms with Crippen LogP contribution in [0.15, 0.2) is 18.2 Å². The molecule has 0 saturated heterocycles. The summed E-state index contributed by atoms with van der Waals surface area (Å²) in [5, 5.41) is 0.133. The molecular formula is C9H11ClFNS. The maximum atomic E-state index is 12.8. The van der Waals surface area contributed by atoms with Crippen LogP contribution in [0.2, 0.25) is 5.02 Å². The molecule has 1 nitrogen and oxygen atoms in total. The molecule has 2 N–H and O–H groups in total. The summed E-state index contributed by atoms with van der Waals surface area (Å²) < 4.78 is 12.8. The van der Waals surface area contributed by atoms with E-state index in [-0.39, 0.29) is 11.1 Å². The van der Waals surface area contributed by atoms with Crippen LogP contribution in [-0.4, -0.2) is 12.0 Å². The standard InChI is InChI=1S/C9H11ClFNS/c1-13-5-9(12)6-2-3-8(11)7(10)4-6/h2-4,9H,5,12H2,1H3. The Labute approximate surface area is 86.5 Å². The first kappa shape index (κ1) is 10.8. The fourth-order valence-corrected chi connectivity index (χ4v) is 1.76. The fraction of sp³-hybridized carbons (Fsp3) is 0.333. The number of hydrogen-bond donors (Lipinski definition) is 1. The third-order valence-electron chi connectivity index (χ3n) is 1.72. The van der Waals surface area contributed by atoms with E-state index in [9.17, 15) is 4.39 Å². The van der Waals surface area contributed by atoms with Crippen LogP contribution in [0.3, 0.4) is 0 Å². The summed E-state index contributed by atoms with van der Waals surface area (Å²) in [4.78, 5) is 0. The van der Waals surface area contributed by atoms with Crippen LogP contribution in [0, 0.1) is 5.82 Å². The molecule has 1 aromatic carbocycles. The molecule has 0 aliphatic heterocycles. The van der Waals surface area contributed by atoms with Crippen LogP contribution in [-0.2, 0) is 0 Å². The van der Waals surface area contributed by atoms with Crippen LogP contribution in [0.5, 0.6) is 0 Å². The van der Waals surface area contributed by atoms with Gasteiger partial charge >= 0.3 is 0 Å². The van der Waals surface area contributed by atoms with Gasteiger partial charge in [-0.25, -0.2) is 4.39 Å². The zero-order chi connectivity index (χ0) is 9.84. The van der Waals surface area contributed by atoms with Gasteiger partial charge in [-0.1, -0.05) is 17.7 Å². The van der Waals surface area contributed by atoms with Gasteiger partial charge in [-0.3, -0.25) is 0 Å². The van der Waals surface area contributed by atoms with Crippen molar-refractivity contribution < 1.29 is 4.39 Å². The summed E-state index contributed by atoms with van der Waals surface area (Å²) in [6, 6.07) is 4.52. The Bertz CT molecular complexity index is 293. The Balaban J connectivity index is 2.84. The van der Waals surface area contributed by atoms with Crippen LogP contribution >= 0.6 is 23.4 Å². The van der Waals surface area contributed by atoms with E-state index in [0.717, 1.165) is 11.3 Å². The minimum atomic E-state index is -0.401. The van der Waals surface area contributed by atoms with Crippen LogP contribution < -0.4 is 5.73 Å². The van der Waals surface area contributed by atoms with Gasteiger partial charge in [0.05, 0.1) is 5.02 Å². The van der Waals surface area contributed by atoms with E-state index < -0.39 is 5.82 Å². The van der Waals surface area contributed by atoms with Gasteiger partial charge in [0.15, 0.2) is 0 Å². The molecule has 0 amide bonds. The summed E-state index contributed by atoms with van der Waals surface area (Å²) in [5.41, 5.74) is 6.70. The summed E-state index contributed by atoms with van der Waals surface area (Å²) in [7, 11) is 0. The van der Waals surface area contributed by atoms with Crippen LogP contribution in [0.25, 0.3) is 0 Å². The van der Waals surface area contributed by atoms with E-state index in [4.69, 9.17) is 17.3 Å². The minimum Gasteiger partial charge on any atom is -0.323 e. The van der Waals surface area contributed by atoms with E-state index in [1.54, 1.807) is 23.9 Å². The van der Waals surface area contributed by atoms with Gasteiger partial charge in [0.1, 0.15) is 5.82 Å². The lowest BCUT2D eigenvalue weighted by Gasteiger charge is -2.10. The number of thioether (sulfide) groups is 1. The molecular weight excluding hydrogens is 209 g/mol. The van der Waals surface area contributed by atoms with Gasteiger partial charge in [0.2, 0.25) is 0 Å². The summed E-state index contributed by atoms with van der Waals surface area (Å²) in [6.45, 7) is 0. The van der Waals surface area contributed by atoms with Crippen molar-refractivity contribution in [3.05, 3.63) is 34.6 Å². The zero-order valence-electron chi connectivity index (χ0n) is 7.26. The van der Waals surface area contributed by atoms with Crippen molar-refractivity contribution >= 4 is 23.4 Å². The van der Waals surface area contributed by atoms with Crippen LogP contribution in [0.1, 0.15) is 11.6 Å². The van der Waals surface area contributed by atoms with Gasteiger partial charge < -0.3 is 5.73 Å². The zero-order valence-corrected chi connectivity index (χ0v) is 8.83. The lowest BCUT2D eigenvalue weighted by Crippen LogP contribution is -2.12. The molecule has 0 bridgehead atoms. The molecule has 1 unspecified atom stereocenters. The van der Waals surface area contributed by atoms with Crippen molar-refractivity contribution in [2.24, 2.45) is 5.73 Å². The second kappa shape index (κ2) is 4.84. The molecule has 72 valence electrons. The Morgan fingerprint density at radius 2 is 2.31 bits per heavy atom. The maximum Gasteiger partial charge on any atom is 0.141 e. The summed E-state index contributed by atoms with van der Waals surface area (Å²) in [6.07, 6.45) is 1.98. The number of rotatable bonds is 3. The van der Waals surface area contributed by atoms with E-state index in [2.05, 4.69) is 0 Å². The average Bonchev–Trinajstić information content (AvgIpc) is 2.10. The normalized spacial score (nSPS) is 12.9. The van der Waals surface area contributed by atoms with Crippen molar-refractivity contribution in [1.29, 1.82) is 0 Å². The van der Waals surface area contributed by atoms with Crippen molar-refractivity contribution in [1.82, 2.24) is 0 Å². The first-order valence-electron chi connectivity index (χ1n) is 3.84. The number of benzene rings is 1. The number of nitrogens with two attached hydrogens (primary N) is 1. The second-order valence-electron chi connectivity index (χ2n) is 2.74. The molecule has 1 atom stereocenters. The average molecular weight is 220 g/mol. The Kier molecular flexibility index (Phi) is 4.03. The quantitative estimate of drug-likeness (QED) is 0.846. The second-order valence-corrected chi connectivity index (χ2v) is 4.05. The fourth-order valence-electron chi connectivity index (χ4n) is 1.02. The molecule has 0 spiro atoms. The lowest BCUT2D eigenvalue weighted by atomic mass is 10.1. The minimum absolute atomic E-state index is 0.0758. The van der Waals surface area contributed by atoms with E-state index >= 15 is 0 Å². The van der Waals surface area contributed by atoms with Gasteiger partial charge in [0.25, 0.3) is 0 Å². The molecule has 0 heterocycles. The largest absolute Gasteiger partial charge is 0.323 e. The highest BCUT2D eigenvalue weighted by Crippen LogP contribution is 2.21. The molecule has 1 aromatic rings. The first-order chi connectivity index (χ1) is 6.15. The molecule has 0 fully saturated rings. The lowest BCUT2D eigenvalue weighted by molar-refractivity contribution is 0.626. The third kappa shape index (κ3) is 2.86.